The lowest BCUT2D eigenvalue weighted by Gasteiger charge is -2.05. The third-order valence-corrected chi connectivity index (χ3v) is 4.50. The van der Waals surface area contributed by atoms with Crippen LogP contribution in [0.5, 0.6) is 0 Å². The molecule has 0 aliphatic heterocycles. The lowest BCUT2D eigenvalue weighted by atomic mass is 10.0. The summed E-state index contributed by atoms with van der Waals surface area (Å²) in [6, 6.07) is 17.9. The number of ether oxygens (including phenoxy) is 1. The molecular formula is C21H19N3O2S. The first-order valence-electron chi connectivity index (χ1n) is 8.47. The molecular weight excluding hydrogens is 358 g/mol. The predicted molar refractivity (Wildman–Crippen MR) is 110 cm³/mol. The number of esters is 1. The van der Waals surface area contributed by atoms with Gasteiger partial charge in [-0.2, -0.15) is 0 Å². The van der Waals surface area contributed by atoms with E-state index in [1.165, 1.54) is 11.3 Å². The summed E-state index contributed by atoms with van der Waals surface area (Å²) in [5.41, 5.74) is 3.66. The van der Waals surface area contributed by atoms with Crippen LogP contribution in [0.3, 0.4) is 0 Å². The fourth-order valence-electron chi connectivity index (χ4n) is 2.43. The van der Waals surface area contributed by atoms with Crippen LogP contribution in [0, 0.1) is 5.41 Å². The van der Waals surface area contributed by atoms with Crippen molar-refractivity contribution in [2.75, 3.05) is 11.9 Å². The summed E-state index contributed by atoms with van der Waals surface area (Å²) < 4.78 is 4.91. The van der Waals surface area contributed by atoms with Gasteiger partial charge in [0.2, 0.25) is 0 Å². The zero-order valence-electron chi connectivity index (χ0n) is 14.8. The first-order valence-corrected chi connectivity index (χ1v) is 9.35. The molecule has 1 aromatic heterocycles. The molecule has 0 bridgehead atoms. The van der Waals surface area contributed by atoms with Crippen LogP contribution in [0.15, 0.2) is 72.3 Å². The molecule has 0 radical (unpaired) electrons. The Kier molecular flexibility index (Phi) is 6.12. The summed E-state index contributed by atoms with van der Waals surface area (Å²) in [4.78, 5) is 15.8. The number of benzene rings is 2. The molecule has 0 saturated heterocycles. The van der Waals surface area contributed by atoms with Gasteiger partial charge in [0.1, 0.15) is 0 Å². The van der Waals surface area contributed by atoms with Gasteiger partial charge in [0.15, 0.2) is 10.8 Å². The molecule has 1 heterocycles. The number of rotatable bonds is 7. The summed E-state index contributed by atoms with van der Waals surface area (Å²) in [5.74, 6) is -0.434. The molecule has 3 rings (SSSR count). The molecule has 0 spiro atoms. The van der Waals surface area contributed by atoms with Crippen LogP contribution in [0.4, 0.5) is 5.13 Å². The van der Waals surface area contributed by atoms with Crippen molar-refractivity contribution >= 4 is 28.1 Å². The van der Waals surface area contributed by atoms with Gasteiger partial charge in [-0.1, -0.05) is 48.5 Å². The number of carbonyl (C=O) groups excluding carboxylic acids is 1. The number of hydrogen-bond acceptors (Lipinski definition) is 6. The average Bonchev–Trinajstić information content (AvgIpc) is 3.18. The molecule has 6 heteroatoms. The van der Waals surface area contributed by atoms with Gasteiger partial charge in [-0.3, -0.25) is 0 Å². The zero-order chi connectivity index (χ0) is 19.1. The Labute approximate surface area is 161 Å². The number of nitrogens with one attached hydrogen (secondary N) is 2. The highest BCUT2D eigenvalue weighted by Gasteiger charge is 2.10. The fraction of sp³-hybridized carbons (Fsp3) is 0.0952. The van der Waals surface area contributed by atoms with Gasteiger partial charge in [0.25, 0.3) is 0 Å². The molecule has 27 heavy (non-hydrogen) atoms. The first kappa shape index (κ1) is 18.5. The normalized spacial score (nSPS) is 10.7. The fourth-order valence-corrected chi connectivity index (χ4v) is 3.09. The van der Waals surface area contributed by atoms with Gasteiger partial charge < -0.3 is 15.5 Å². The van der Waals surface area contributed by atoms with Gasteiger partial charge in [-0.05, 0) is 30.2 Å². The predicted octanol–water partition coefficient (Wildman–Crippen LogP) is 4.98. The smallest absolute Gasteiger partial charge is 0.357 e. The Morgan fingerprint density at radius 3 is 2.74 bits per heavy atom. The average molecular weight is 377 g/mol. The van der Waals surface area contributed by atoms with E-state index in [9.17, 15) is 4.79 Å². The molecule has 2 aromatic carbocycles. The molecule has 0 amide bonds. The SMILES string of the molecule is CCOC(=O)c1csc(N/C=C\C(=N)c2cccc(-c3ccccc3)c2)n1. The second-order valence-electron chi connectivity index (χ2n) is 5.60. The first-order chi connectivity index (χ1) is 13.2. The van der Waals surface area contributed by atoms with Crippen LogP contribution < -0.4 is 5.32 Å². The number of allylic oxidation sites excluding steroid dienone is 1. The number of aromatic nitrogens is 1. The Hall–Kier alpha value is -3.25. The van der Waals surface area contributed by atoms with E-state index in [0.29, 0.717) is 17.5 Å². The maximum Gasteiger partial charge on any atom is 0.357 e. The molecule has 136 valence electrons. The van der Waals surface area contributed by atoms with E-state index in [-0.39, 0.29) is 5.69 Å². The summed E-state index contributed by atoms with van der Waals surface area (Å²) in [6.45, 7) is 2.07. The van der Waals surface area contributed by atoms with E-state index >= 15 is 0 Å². The minimum absolute atomic E-state index is 0.281. The van der Waals surface area contributed by atoms with Crippen molar-refractivity contribution in [1.29, 1.82) is 5.41 Å². The van der Waals surface area contributed by atoms with Crippen LogP contribution in [0.25, 0.3) is 11.1 Å². The largest absolute Gasteiger partial charge is 0.461 e. The number of nitrogens with zero attached hydrogens (tertiary/aromatic N) is 1. The highest BCUT2D eigenvalue weighted by Crippen LogP contribution is 2.20. The number of thiazole rings is 1. The number of carbonyl (C=O) groups is 1. The number of hydrogen-bond donors (Lipinski definition) is 2. The Bertz CT molecular complexity index is 964. The van der Waals surface area contributed by atoms with Crippen LogP contribution in [-0.2, 0) is 4.74 Å². The Morgan fingerprint density at radius 2 is 1.96 bits per heavy atom. The highest BCUT2D eigenvalue weighted by atomic mass is 32.1. The van der Waals surface area contributed by atoms with E-state index in [4.69, 9.17) is 10.1 Å². The lowest BCUT2D eigenvalue weighted by Crippen LogP contribution is -2.05. The topological polar surface area (TPSA) is 75.1 Å². The van der Waals surface area contributed by atoms with Crippen molar-refractivity contribution < 1.29 is 9.53 Å². The van der Waals surface area contributed by atoms with Crippen LogP contribution >= 0.6 is 11.3 Å². The zero-order valence-corrected chi connectivity index (χ0v) is 15.6. The van der Waals surface area contributed by atoms with Crippen molar-refractivity contribution in [3.63, 3.8) is 0 Å². The van der Waals surface area contributed by atoms with E-state index in [2.05, 4.69) is 10.3 Å². The third-order valence-electron chi connectivity index (χ3n) is 3.73. The van der Waals surface area contributed by atoms with Gasteiger partial charge in [0, 0.05) is 17.1 Å². The lowest BCUT2D eigenvalue weighted by molar-refractivity contribution is 0.0520. The minimum Gasteiger partial charge on any atom is -0.461 e. The van der Waals surface area contributed by atoms with Crippen molar-refractivity contribution in [1.82, 2.24) is 4.98 Å². The Balaban J connectivity index is 1.65. The van der Waals surface area contributed by atoms with E-state index in [1.807, 2.05) is 54.6 Å². The minimum atomic E-state index is -0.434. The summed E-state index contributed by atoms with van der Waals surface area (Å²) in [6.07, 6.45) is 3.31. The van der Waals surface area contributed by atoms with E-state index in [1.54, 1.807) is 24.6 Å². The van der Waals surface area contributed by atoms with Gasteiger partial charge >= 0.3 is 5.97 Å². The van der Waals surface area contributed by atoms with Crippen molar-refractivity contribution in [3.8, 4) is 11.1 Å². The van der Waals surface area contributed by atoms with Crippen LogP contribution in [0.2, 0.25) is 0 Å². The van der Waals surface area contributed by atoms with Crippen molar-refractivity contribution in [2.45, 2.75) is 6.92 Å². The highest BCUT2D eigenvalue weighted by molar-refractivity contribution is 7.13. The summed E-state index contributed by atoms with van der Waals surface area (Å²) in [5, 5.41) is 13.5. The monoisotopic (exact) mass is 377 g/mol. The number of anilines is 1. The maximum atomic E-state index is 11.6. The third kappa shape index (κ3) is 4.89. The molecule has 3 aromatic rings. The molecule has 5 nitrogen and oxygen atoms in total. The molecule has 0 fully saturated rings. The van der Waals surface area contributed by atoms with Crippen molar-refractivity contribution in [3.05, 3.63) is 83.5 Å². The molecule has 0 aliphatic rings. The molecule has 2 N–H and O–H groups in total. The second kappa shape index (κ2) is 8.91. The van der Waals surface area contributed by atoms with Gasteiger partial charge in [-0.25, -0.2) is 9.78 Å². The van der Waals surface area contributed by atoms with Crippen LogP contribution in [0.1, 0.15) is 23.0 Å². The second-order valence-corrected chi connectivity index (χ2v) is 6.45. The maximum absolute atomic E-state index is 11.6. The van der Waals surface area contributed by atoms with E-state index in [0.717, 1.165) is 16.7 Å². The molecule has 0 unspecified atom stereocenters. The van der Waals surface area contributed by atoms with Crippen molar-refractivity contribution in [2.24, 2.45) is 0 Å². The summed E-state index contributed by atoms with van der Waals surface area (Å²) in [7, 11) is 0. The van der Waals surface area contributed by atoms with E-state index < -0.39 is 5.97 Å². The van der Waals surface area contributed by atoms with Crippen LogP contribution in [-0.4, -0.2) is 23.3 Å². The summed E-state index contributed by atoms with van der Waals surface area (Å²) >= 11 is 1.31. The molecule has 0 saturated carbocycles. The molecule has 0 atom stereocenters. The Morgan fingerprint density at radius 1 is 1.19 bits per heavy atom. The standard InChI is InChI=1S/C21H19N3O2S/c1-2-26-20(25)19-14-27-21(24-19)23-12-11-18(22)17-10-6-9-16(13-17)15-7-4-3-5-8-15/h3-14,22H,2H2,1H3,(H,23,24)/b12-11-,22-18?. The molecule has 0 aliphatic carbocycles. The van der Waals surface area contributed by atoms with Gasteiger partial charge in [-0.15, -0.1) is 11.3 Å². The quantitative estimate of drug-likeness (QED) is 0.450. The van der Waals surface area contributed by atoms with Gasteiger partial charge in [0.05, 0.1) is 12.3 Å².